The minimum atomic E-state index is -0.600. The molecule has 0 bridgehead atoms. The van der Waals surface area contributed by atoms with Crippen molar-refractivity contribution in [2.24, 2.45) is 5.73 Å². The van der Waals surface area contributed by atoms with Crippen LogP contribution in [0.3, 0.4) is 0 Å². The molecule has 5 nitrogen and oxygen atoms in total. The molecule has 0 radical (unpaired) electrons. The van der Waals surface area contributed by atoms with Crippen molar-refractivity contribution in [2.45, 2.75) is 32.6 Å². The zero-order valence-corrected chi connectivity index (χ0v) is 12.4. The third-order valence-corrected chi connectivity index (χ3v) is 3.60. The molecule has 0 saturated carbocycles. The molecule has 0 aromatic heterocycles. The smallest absolute Gasteiger partial charge is 0.254 e. The molecule has 0 atom stereocenters. The van der Waals surface area contributed by atoms with E-state index in [0.717, 1.165) is 38.8 Å². The highest BCUT2D eigenvalue weighted by molar-refractivity contribution is 6.07. The number of hydrogen-bond acceptors (Lipinski definition) is 3. The topological polar surface area (TPSA) is 72.6 Å². The lowest BCUT2D eigenvalue weighted by atomic mass is 10.0. The average molecular weight is 290 g/mol. The van der Waals surface area contributed by atoms with Gasteiger partial charge in [0.15, 0.2) is 0 Å². The van der Waals surface area contributed by atoms with Crippen molar-refractivity contribution in [3.05, 3.63) is 29.3 Å². The molecule has 0 aliphatic carbocycles. The first kappa shape index (κ1) is 15.4. The lowest BCUT2D eigenvalue weighted by molar-refractivity contribution is 0.0719. The van der Waals surface area contributed by atoms with E-state index in [1.807, 2.05) is 6.92 Å². The Morgan fingerprint density at radius 1 is 1.19 bits per heavy atom. The molecule has 5 heteroatoms. The Hall–Kier alpha value is -2.04. The molecular formula is C16H22N2O3. The van der Waals surface area contributed by atoms with E-state index in [1.54, 1.807) is 23.1 Å². The van der Waals surface area contributed by atoms with Crippen LogP contribution in [0.4, 0.5) is 0 Å². The van der Waals surface area contributed by atoms with Gasteiger partial charge < -0.3 is 15.4 Å². The molecule has 21 heavy (non-hydrogen) atoms. The quantitative estimate of drug-likeness (QED) is 0.903. The van der Waals surface area contributed by atoms with Gasteiger partial charge in [-0.25, -0.2) is 0 Å². The monoisotopic (exact) mass is 290 g/mol. The van der Waals surface area contributed by atoms with Gasteiger partial charge in [-0.3, -0.25) is 9.59 Å². The summed E-state index contributed by atoms with van der Waals surface area (Å²) in [5.41, 5.74) is 6.02. The van der Waals surface area contributed by atoms with Gasteiger partial charge in [-0.1, -0.05) is 6.92 Å². The fourth-order valence-corrected chi connectivity index (χ4v) is 2.49. The van der Waals surface area contributed by atoms with Crippen LogP contribution in [-0.2, 0) is 0 Å². The second-order valence-corrected chi connectivity index (χ2v) is 5.27. The van der Waals surface area contributed by atoms with Gasteiger partial charge in [-0.15, -0.1) is 0 Å². The van der Waals surface area contributed by atoms with E-state index >= 15 is 0 Å². The van der Waals surface area contributed by atoms with Gasteiger partial charge in [0.1, 0.15) is 5.75 Å². The van der Waals surface area contributed by atoms with Crippen molar-refractivity contribution in [2.75, 3.05) is 19.7 Å². The Kier molecular flexibility index (Phi) is 5.20. The second-order valence-electron chi connectivity index (χ2n) is 5.27. The van der Waals surface area contributed by atoms with Crippen LogP contribution in [0.15, 0.2) is 18.2 Å². The Morgan fingerprint density at radius 3 is 2.52 bits per heavy atom. The lowest BCUT2D eigenvalue weighted by Crippen LogP contribution is -2.36. The number of nitrogens with zero attached hydrogens (tertiary/aromatic N) is 1. The summed E-state index contributed by atoms with van der Waals surface area (Å²) in [6, 6.07) is 4.93. The SMILES string of the molecule is CCCOc1ccc(C(=O)N2CCCCC2)c(C(N)=O)c1. The van der Waals surface area contributed by atoms with E-state index in [-0.39, 0.29) is 11.5 Å². The molecule has 1 heterocycles. The van der Waals surface area contributed by atoms with Crippen LogP contribution >= 0.6 is 0 Å². The molecular weight excluding hydrogens is 268 g/mol. The molecule has 1 aromatic carbocycles. The minimum absolute atomic E-state index is 0.120. The molecule has 1 aliphatic rings. The number of rotatable bonds is 5. The van der Waals surface area contributed by atoms with Crippen LogP contribution in [0.1, 0.15) is 53.3 Å². The number of primary amides is 1. The number of piperidine rings is 1. The maximum atomic E-state index is 12.5. The summed E-state index contributed by atoms with van der Waals surface area (Å²) in [6.45, 7) is 4.05. The van der Waals surface area contributed by atoms with Crippen LogP contribution < -0.4 is 10.5 Å². The van der Waals surface area contributed by atoms with Crippen molar-refractivity contribution in [3.8, 4) is 5.75 Å². The highest BCUT2D eigenvalue weighted by atomic mass is 16.5. The Morgan fingerprint density at radius 2 is 1.90 bits per heavy atom. The van der Waals surface area contributed by atoms with Crippen LogP contribution in [0.2, 0.25) is 0 Å². The first-order chi connectivity index (χ1) is 10.1. The Balaban J connectivity index is 2.24. The standard InChI is InChI=1S/C16H22N2O3/c1-2-10-21-12-6-7-13(14(11-12)15(17)19)16(20)18-8-4-3-5-9-18/h6-7,11H,2-5,8-10H2,1H3,(H2,17,19). The summed E-state index contributed by atoms with van der Waals surface area (Å²) in [6.07, 6.45) is 4.04. The van der Waals surface area contributed by atoms with Crippen LogP contribution in [0.5, 0.6) is 5.75 Å². The number of nitrogens with two attached hydrogens (primary N) is 1. The van der Waals surface area contributed by atoms with Crippen LogP contribution in [0, 0.1) is 0 Å². The molecule has 1 aliphatic heterocycles. The van der Waals surface area contributed by atoms with Gasteiger partial charge in [0.2, 0.25) is 5.91 Å². The fourth-order valence-electron chi connectivity index (χ4n) is 2.49. The normalized spacial score (nSPS) is 14.8. The molecule has 1 saturated heterocycles. The number of likely N-dealkylation sites (tertiary alicyclic amines) is 1. The van der Waals surface area contributed by atoms with Gasteiger partial charge in [0, 0.05) is 13.1 Å². The van der Waals surface area contributed by atoms with Gasteiger partial charge in [-0.2, -0.15) is 0 Å². The molecule has 2 rings (SSSR count). The summed E-state index contributed by atoms with van der Waals surface area (Å²) in [5, 5.41) is 0. The summed E-state index contributed by atoms with van der Waals surface area (Å²) in [4.78, 5) is 25.9. The zero-order chi connectivity index (χ0) is 15.2. The number of benzene rings is 1. The van der Waals surface area contributed by atoms with E-state index in [0.29, 0.717) is 17.9 Å². The molecule has 114 valence electrons. The second kappa shape index (κ2) is 7.11. The van der Waals surface area contributed by atoms with E-state index in [2.05, 4.69) is 0 Å². The number of hydrogen-bond donors (Lipinski definition) is 1. The maximum Gasteiger partial charge on any atom is 0.254 e. The Bertz CT molecular complexity index is 522. The zero-order valence-electron chi connectivity index (χ0n) is 12.4. The predicted octanol–water partition coefficient (Wildman–Crippen LogP) is 2.20. The average Bonchev–Trinajstić information content (AvgIpc) is 2.52. The predicted molar refractivity (Wildman–Crippen MR) is 80.5 cm³/mol. The van der Waals surface area contributed by atoms with Crippen molar-refractivity contribution in [1.29, 1.82) is 0 Å². The minimum Gasteiger partial charge on any atom is -0.494 e. The third kappa shape index (κ3) is 3.74. The molecule has 2 amide bonds. The molecule has 0 spiro atoms. The molecule has 2 N–H and O–H groups in total. The van der Waals surface area contributed by atoms with Crippen LogP contribution in [0.25, 0.3) is 0 Å². The summed E-state index contributed by atoms with van der Waals surface area (Å²) in [7, 11) is 0. The van der Waals surface area contributed by atoms with Crippen molar-refractivity contribution < 1.29 is 14.3 Å². The van der Waals surface area contributed by atoms with E-state index < -0.39 is 5.91 Å². The van der Waals surface area contributed by atoms with Crippen molar-refractivity contribution >= 4 is 11.8 Å². The highest BCUT2D eigenvalue weighted by Crippen LogP contribution is 2.21. The molecule has 1 aromatic rings. The van der Waals surface area contributed by atoms with E-state index in [1.165, 1.54) is 0 Å². The largest absolute Gasteiger partial charge is 0.494 e. The number of carbonyl (C=O) groups is 2. The number of amides is 2. The molecule has 1 fully saturated rings. The van der Waals surface area contributed by atoms with Gasteiger partial charge >= 0.3 is 0 Å². The summed E-state index contributed by atoms with van der Waals surface area (Å²) < 4.78 is 5.49. The molecule has 0 unspecified atom stereocenters. The first-order valence-corrected chi connectivity index (χ1v) is 7.49. The number of carbonyl (C=O) groups excluding carboxylic acids is 2. The van der Waals surface area contributed by atoms with Gasteiger partial charge in [0.05, 0.1) is 17.7 Å². The summed E-state index contributed by atoms with van der Waals surface area (Å²) in [5.74, 6) is -0.149. The fraction of sp³-hybridized carbons (Fsp3) is 0.500. The van der Waals surface area contributed by atoms with Gasteiger partial charge in [-0.05, 0) is 43.9 Å². The Labute approximate surface area is 125 Å². The maximum absolute atomic E-state index is 12.5. The lowest BCUT2D eigenvalue weighted by Gasteiger charge is -2.27. The third-order valence-electron chi connectivity index (χ3n) is 3.60. The van der Waals surface area contributed by atoms with Crippen molar-refractivity contribution in [1.82, 2.24) is 4.90 Å². The summed E-state index contributed by atoms with van der Waals surface area (Å²) >= 11 is 0. The van der Waals surface area contributed by atoms with Gasteiger partial charge in [0.25, 0.3) is 5.91 Å². The van der Waals surface area contributed by atoms with Crippen LogP contribution in [-0.4, -0.2) is 36.4 Å². The van der Waals surface area contributed by atoms with E-state index in [4.69, 9.17) is 10.5 Å². The van der Waals surface area contributed by atoms with Crippen molar-refractivity contribution in [3.63, 3.8) is 0 Å². The first-order valence-electron chi connectivity index (χ1n) is 7.49. The highest BCUT2D eigenvalue weighted by Gasteiger charge is 2.22. The number of ether oxygens (including phenoxy) is 1. The van der Waals surface area contributed by atoms with E-state index in [9.17, 15) is 9.59 Å².